The van der Waals surface area contributed by atoms with Crippen molar-refractivity contribution >= 4 is 5.69 Å². The Balaban J connectivity index is 3.35. The van der Waals surface area contributed by atoms with Gasteiger partial charge < -0.3 is 0 Å². The maximum atomic E-state index is 12.9. The third kappa shape index (κ3) is 1.84. The summed E-state index contributed by atoms with van der Waals surface area (Å²) in [7, 11) is 0. The average Bonchev–Trinajstić information content (AvgIpc) is 2.08. The van der Waals surface area contributed by atoms with Crippen LogP contribution in [0.3, 0.4) is 0 Å². The monoisotopic (exact) mass is 205 g/mol. The second-order valence-corrected chi connectivity index (χ2v) is 2.70. The van der Waals surface area contributed by atoms with Gasteiger partial charge in [0.2, 0.25) is 0 Å². The van der Waals surface area contributed by atoms with Crippen molar-refractivity contribution in [3.05, 3.63) is 39.2 Å². The summed E-state index contributed by atoms with van der Waals surface area (Å²) in [5, 5.41) is 10.2. The molecule has 0 heterocycles. The molecule has 3 nitrogen and oxygen atoms in total. The number of non-ortho nitro benzene ring substituents is 1. The van der Waals surface area contributed by atoms with Gasteiger partial charge in [0, 0.05) is 11.6 Å². The van der Waals surface area contributed by atoms with Gasteiger partial charge in [-0.05, 0) is 12.5 Å². The van der Waals surface area contributed by atoms with Crippen molar-refractivity contribution < 1.29 is 18.1 Å². The number of nitro benzene ring substituents is 1. The van der Waals surface area contributed by atoms with Crippen molar-refractivity contribution in [2.24, 2.45) is 0 Å². The van der Waals surface area contributed by atoms with Crippen molar-refractivity contribution in [1.82, 2.24) is 0 Å². The normalized spacial score (nSPS) is 10.6. The molecular formula is C8H6F3NO2. The van der Waals surface area contributed by atoms with E-state index in [-0.39, 0.29) is 5.56 Å². The molecule has 0 amide bonds. The van der Waals surface area contributed by atoms with Gasteiger partial charge in [0.05, 0.1) is 11.0 Å². The Bertz CT molecular complexity index is 379. The second kappa shape index (κ2) is 3.65. The van der Waals surface area contributed by atoms with Crippen LogP contribution in [-0.2, 0) is 0 Å². The molecule has 0 unspecified atom stereocenters. The Labute approximate surface area is 77.3 Å². The Morgan fingerprint density at radius 3 is 2.43 bits per heavy atom. The van der Waals surface area contributed by atoms with E-state index in [1.54, 1.807) is 0 Å². The van der Waals surface area contributed by atoms with Gasteiger partial charge in [-0.15, -0.1) is 0 Å². The van der Waals surface area contributed by atoms with Gasteiger partial charge in [0.15, 0.2) is 0 Å². The maximum absolute atomic E-state index is 12.9. The predicted octanol–water partition coefficient (Wildman–Crippen LogP) is 2.98. The summed E-state index contributed by atoms with van der Waals surface area (Å²) < 4.78 is 37.4. The molecular weight excluding hydrogens is 199 g/mol. The van der Waals surface area contributed by atoms with E-state index in [4.69, 9.17) is 0 Å². The first-order valence-corrected chi connectivity index (χ1v) is 3.66. The summed E-state index contributed by atoms with van der Waals surface area (Å²) in [6, 6.07) is 1.31. The fraction of sp³-hybridized carbons (Fsp3) is 0.250. The smallest absolute Gasteiger partial charge is 0.258 e. The molecule has 0 saturated heterocycles. The van der Waals surface area contributed by atoms with E-state index in [1.807, 2.05) is 0 Å². The van der Waals surface area contributed by atoms with E-state index < -0.39 is 28.4 Å². The van der Waals surface area contributed by atoms with Crippen LogP contribution in [0.5, 0.6) is 0 Å². The van der Waals surface area contributed by atoms with E-state index in [0.29, 0.717) is 12.1 Å². The number of alkyl halides is 2. The fourth-order valence-electron chi connectivity index (χ4n) is 1.02. The Hall–Kier alpha value is -1.59. The zero-order chi connectivity index (χ0) is 10.9. The summed E-state index contributed by atoms with van der Waals surface area (Å²) in [4.78, 5) is 9.32. The molecule has 0 spiro atoms. The molecule has 0 aromatic heterocycles. The van der Waals surface area contributed by atoms with Crippen molar-refractivity contribution in [2.75, 3.05) is 0 Å². The Morgan fingerprint density at radius 2 is 2.00 bits per heavy atom. The lowest BCUT2D eigenvalue weighted by Gasteiger charge is -2.04. The highest BCUT2D eigenvalue weighted by molar-refractivity contribution is 5.41. The number of benzene rings is 1. The molecule has 0 aliphatic heterocycles. The standard InChI is InChI=1S/C8H6F3NO2/c1-4-6(8(10)11)2-5(12(13)14)3-7(4)9/h2-3,8H,1H3. The largest absolute Gasteiger partial charge is 0.272 e. The number of rotatable bonds is 2. The van der Waals surface area contributed by atoms with Crippen LogP contribution >= 0.6 is 0 Å². The summed E-state index contributed by atoms with van der Waals surface area (Å²) in [6.45, 7) is 1.15. The maximum Gasteiger partial charge on any atom is 0.272 e. The van der Waals surface area contributed by atoms with Crippen LogP contribution in [0.15, 0.2) is 12.1 Å². The van der Waals surface area contributed by atoms with Gasteiger partial charge in [-0.25, -0.2) is 13.2 Å². The van der Waals surface area contributed by atoms with Crippen molar-refractivity contribution in [1.29, 1.82) is 0 Å². The van der Waals surface area contributed by atoms with Crippen molar-refractivity contribution in [3.63, 3.8) is 0 Å². The summed E-state index contributed by atoms with van der Waals surface area (Å²) in [5.41, 5.74) is -1.56. The van der Waals surface area contributed by atoms with Crippen LogP contribution in [0.1, 0.15) is 17.6 Å². The number of hydrogen-bond donors (Lipinski definition) is 0. The molecule has 1 aromatic rings. The van der Waals surface area contributed by atoms with Crippen LogP contribution in [0.25, 0.3) is 0 Å². The number of halogens is 3. The molecule has 76 valence electrons. The molecule has 0 bridgehead atoms. The molecule has 6 heteroatoms. The van der Waals surface area contributed by atoms with Gasteiger partial charge in [-0.1, -0.05) is 0 Å². The number of hydrogen-bond acceptors (Lipinski definition) is 2. The highest BCUT2D eigenvalue weighted by Crippen LogP contribution is 2.28. The lowest BCUT2D eigenvalue weighted by molar-refractivity contribution is -0.385. The minimum absolute atomic E-state index is 0.259. The zero-order valence-electron chi connectivity index (χ0n) is 7.13. The SMILES string of the molecule is Cc1c(F)cc([N+](=O)[O-])cc1C(F)F. The third-order valence-electron chi connectivity index (χ3n) is 1.82. The molecule has 0 N–H and O–H groups in total. The first kappa shape index (κ1) is 10.5. The van der Waals surface area contributed by atoms with Crippen molar-refractivity contribution in [2.45, 2.75) is 13.3 Å². The summed E-state index contributed by atoms with van der Waals surface area (Å²) >= 11 is 0. The molecule has 0 radical (unpaired) electrons. The summed E-state index contributed by atoms with van der Waals surface area (Å²) in [6.07, 6.45) is -2.91. The Morgan fingerprint density at radius 1 is 1.43 bits per heavy atom. The minimum atomic E-state index is -2.91. The van der Waals surface area contributed by atoms with Crippen LogP contribution in [0, 0.1) is 22.9 Å². The number of nitro groups is 1. The van der Waals surface area contributed by atoms with Gasteiger partial charge in [0.1, 0.15) is 5.82 Å². The average molecular weight is 205 g/mol. The van der Waals surface area contributed by atoms with Crippen molar-refractivity contribution in [3.8, 4) is 0 Å². The highest BCUT2D eigenvalue weighted by Gasteiger charge is 2.19. The van der Waals surface area contributed by atoms with E-state index >= 15 is 0 Å². The lowest BCUT2D eigenvalue weighted by Crippen LogP contribution is -1.97. The zero-order valence-corrected chi connectivity index (χ0v) is 7.13. The molecule has 14 heavy (non-hydrogen) atoms. The molecule has 0 atom stereocenters. The Kier molecular flexibility index (Phi) is 2.73. The van der Waals surface area contributed by atoms with E-state index in [2.05, 4.69) is 0 Å². The number of nitrogens with zero attached hydrogens (tertiary/aromatic N) is 1. The van der Waals surface area contributed by atoms with Gasteiger partial charge >= 0.3 is 0 Å². The quantitative estimate of drug-likeness (QED) is 0.550. The van der Waals surface area contributed by atoms with Crippen LogP contribution < -0.4 is 0 Å². The van der Waals surface area contributed by atoms with E-state index in [9.17, 15) is 23.3 Å². The van der Waals surface area contributed by atoms with Crippen LogP contribution in [0.2, 0.25) is 0 Å². The minimum Gasteiger partial charge on any atom is -0.258 e. The highest BCUT2D eigenvalue weighted by atomic mass is 19.3. The van der Waals surface area contributed by atoms with E-state index in [1.165, 1.54) is 0 Å². The molecule has 0 aliphatic carbocycles. The van der Waals surface area contributed by atoms with Crippen LogP contribution in [0.4, 0.5) is 18.9 Å². The van der Waals surface area contributed by atoms with Crippen LogP contribution in [-0.4, -0.2) is 4.92 Å². The van der Waals surface area contributed by atoms with Gasteiger partial charge in [0.25, 0.3) is 12.1 Å². The topological polar surface area (TPSA) is 43.1 Å². The van der Waals surface area contributed by atoms with Gasteiger partial charge in [-0.2, -0.15) is 0 Å². The molecule has 0 fully saturated rings. The first-order chi connectivity index (χ1) is 6.43. The molecule has 0 saturated carbocycles. The third-order valence-corrected chi connectivity index (χ3v) is 1.82. The second-order valence-electron chi connectivity index (χ2n) is 2.70. The lowest BCUT2D eigenvalue weighted by atomic mass is 10.1. The predicted molar refractivity (Wildman–Crippen MR) is 42.7 cm³/mol. The van der Waals surface area contributed by atoms with Gasteiger partial charge in [-0.3, -0.25) is 10.1 Å². The molecule has 0 aliphatic rings. The molecule has 1 aromatic carbocycles. The fourth-order valence-corrected chi connectivity index (χ4v) is 1.02. The first-order valence-electron chi connectivity index (χ1n) is 3.66. The van der Waals surface area contributed by atoms with E-state index in [0.717, 1.165) is 6.92 Å². The summed E-state index contributed by atoms with van der Waals surface area (Å²) in [5.74, 6) is -0.991. The molecule has 1 rings (SSSR count).